The number of carboxylic acids is 1. The maximum Gasteiger partial charge on any atom is 0.471 e. The van der Waals surface area contributed by atoms with Crippen LogP contribution >= 0.6 is 0 Å². The van der Waals surface area contributed by atoms with Crippen LogP contribution < -0.4 is 15.4 Å². The number of benzene rings is 2. The SMILES string of the molecule is O=C(O)CCCC(=O)Nc1ccc(OC(=O)Cc2ccc(NC(=O)C(F)(F)F)cc2)cc1. The van der Waals surface area contributed by atoms with Gasteiger partial charge in [0.15, 0.2) is 0 Å². The molecule has 0 atom stereocenters. The first kappa shape index (κ1) is 24.4. The Kier molecular flexibility index (Phi) is 8.33. The number of anilines is 2. The molecule has 32 heavy (non-hydrogen) atoms. The Hall–Kier alpha value is -3.89. The third kappa shape index (κ3) is 8.46. The number of nitrogens with one attached hydrogen (secondary N) is 2. The standard InChI is InChI=1S/C21H19F3N2O6/c22-21(23,24)20(31)26-15-6-4-13(5-7-15)12-19(30)32-16-10-8-14(9-11-16)25-17(27)2-1-3-18(28)29/h4-11H,1-3,12H2,(H,25,27)(H,26,31)(H,28,29). The average molecular weight is 452 g/mol. The number of esters is 1. The largest absolute Gasteiger partial charge is 0.481 e. The molecular formula is C21H19F3N2O6. The van der Waals surface area contributed by atoms with Gasteiger partial charge in [0.1, 0.15) is 5.75 Å². The topological polar surface area (TPSA) is 122 Å². The molecule has 0 unspecified atom stereocenters. The number of halogens is 3. The minimum absolute atomic E-state index is 0.0573. The second-order valence-electron chi connectivity index (χ2n) is 6.62. The van der Waals surface area contributed by atoms with Crippen LogP contribution in [-0.2, 0) is 25.6 Å². The molecule has 0 aromatic heterocycles. The van der Waals surface area contributed by atoms with Crippen molar-refractivity contribution in [2.75, 3.05) is 10.6 Å². The highest BCUT2D eigenvalue weighted by molar-refractivity contribution is 5.95. The summed E-state index contributed by atoms with van der Waals surface area (Å²) in [7, 11) is 0. The van der Waals surface area contributed by atoms with E-state index in [9.17, 15) is 32.3 Å². The van der Waals surface area contributed by atoms with Crippen LogP contribution in [0.2, 0.25) is 0 Å². The lowest BCUT2D eigenvalue weighted by molar-refractivity contribution is -0.167. The van der Waals surface area contributed by atoms with Crippen LogP contribution in [0, 0.1) is 0 Å². The van der Waals surface area contributed by atoms with Gasteiger partial charge in [-0.1, -0.05) is 12.1 Å². The lowest BCUT2D eigenvalue weighted by atomic mass is 10.1. The van der Waals surface area contributed by atoms with Crippen LogP contribution in [0.25, 0.3) is 0 Å². The van der Waals surface area contributed by atoms with Crippen LogP contribution in [0.15, 0.2) is 48.5 Å². The number of ether oxygens (including phenoxy) is 1. The Morgan fingerprint density at radius 3 is 1.97 bits per heavy atom. The summed E-state index contributed by atoms with van der Waals surface area (Å²) in [6.07, 6.45) is -4.99. The highest BCUT2D eigenvalue weighted by Gasteiger charge is 2.38. The molecule has 2 amide bonds. The van der Waals surface area contributed by atoms with Crippen molar-refractivity contribution in [2.24, 2.45) is 0 Å². The van der Waals surface area contributed by atoms with E-state index in [2.05, 4.69) is 5.32 Å². The maximum atomic E-state index is 12.2. The minimum atomic E-state index is -5.00. The molecule has 0 saturated carbocycles. The van der Waals surface area contributed by atoms with E-state index in [1.54, 1.807) is 5.32 Å². The van der Waals surface area contributed by atoms with Crippen molar-refractivity contribution in [2.45, 2.75) is 31.9 Å². The number of alkyl halides is 3. The predicted octanol–water partition coefficient (Wildman–Crippen LogP) is 3.53. The molecule has 0 aliphatic rings. The summed E-state index contributed by atoms with van der Waals surface area (Å²) in [5.74, 6) is -3.82. The molecule has 0 fully saturated rings. The van der Waals surface area contributed by atoms with E-state index in [1.807, 2.05) is 0 Å². The Bertz CT molecular complexity index is 973. The molecule has 0 spiro atoms. The molecule has 2 rings (SSSR count). The van der Waals surface area contributed by atoms with E-state index in [1.165, 1.54) is 48.5 Å². The van der Waals surface area contributed by atoms with Crippen LogP contribution in [0.4, 0.5) is 24.5 Å². The lowest BCUT2D eigenvalue weighted by Gasteiger charge is -2.09. The number of amides is 2. The Balaban J connectivity index is 1.82. The number of hydrogen-bond acceptors (Lipinski definition) is 5. The molecule has 0 aliphatic carbocycles. The molecule has 8 nitrogen and oxygen atoms in total. The van der Waals surface area contributed by atoms with Gasteiger partial charge in [-0.3, -0.25) is 19.2 Å². The smallest absolute Gasteiger partial charge is 0.471 e. The van der Waals surface area contributed by atoms with E-state index in [0.29, 0.717) is 11.3 Å². The van der Waals surface area contributed by atoms with Crippen molar-refractivity contribution in [3.63, 3.8) is 0 Å². The number of carbonyl (C=O) groups excluding carboxylic acids is 3. The molecule has 3 N–H and O–H groups in total. The van der Waals surface area contributed by atoms with Crippen molar-refractivity contribution in [3.8, 4) is 5.75 Å². The van der Waals surface area contributed by atoms with Crippen LogP contribution in [0.5, 0.6) is 5.75 Å². The minimum Gasteiger partial charge on any atom is -0.481 e. The Labute approximate surface area is 180 Å². The van der Waals surface area contributed by atoms with Crippen molar-refractivity contribution in [1.29, 1.82) is 0 Å². The van der Waals surface area contributed by atoms with Gasteiger partial charge in [-0.2, -0.15) is 13.2 Å². The first-order chi connectivity index (χ1) is 15.0. The van der Waals surface area contributed by atoms with E-state index in [-0.39, 0.29) is 43.0 Å². The number of carbonyl (C=O) groups is 4. The fourth-order valence-electron chi connectivity index (χ4n) is 2.47. The predicted molar refractivity (Wildman–Crippen MR) is 107 cm³/mol. The molecule has 0 aliphatic heterocycles. The van der Waals surface area contributed by atoms with Crippen molar-refractivity contribution < 1.29 is 42.2 Å². The first-order valence-corrected chi connectivity index (χ1v) is 9.32. The van der Waals surface area contributed by atoms with Crippen molar-refractivity contribution in [3.05, 3.63) is 54.1 Å². The second kappa shape index (κ2) is 10.9. The van der Waals surface area contributed by atoms with Crippen LogP contribution in [-0.4, -0.2) is 35.0 Å². The average Bonchev–Trinajstić information content (AvgIpc) is 2.70. The van der Waals surface area contributed by atoms with Gasteiger partial charge in [0.05, 0.1) is 6.42 Å². The lowest BCUT2D eigenvalue weighted by Crippen LogP contribution is -2.29. The van der Waals surface area contributed by atoms with Gasteiger partial charge in [-0.25, -0.2) is 0 Å². The zero-order valence-corrected chi connectivity index (χ0v) is 16.6. The van der Waals surface area contributed by atoms with Gasteiger partial charge in [0, 0.05) is 24.2 Å². The summed E-state index contributed by atoms with van der Waals surface area (Å²) in [6, 6.07) is 11.2. The van der Waals surface area contributed by atoms with Gasteiger partial charge < -0.3 is 20.5 Å². The number of hydrogen-bond donors (Lipinski definition) is 3. The van der Waals surface area contributed by atoms with Gasteiger partial charge in [0.25, 0.3) is 0 Å². The fourth-order valence-corrected chi connectivity index (χ4v) is 2.47. The van der Waals surface area contributed by atoms with Crippen molar-refractivity contribution in [1.82, 2.24) is 0 Å². The monoisotopic (exact) mass is 452 g/mol. The molecule has 0 bridgehead atoms. The summed E-state index contributed by atoms with van der Waals surface area (Å²) in [5, 5.41) is 12.8. The highest BCUT2D eigenvalue weighted by Crippen LogP contribution is 2.20. The summed E-state index contributed by atoms with van der Waals surface area (Å²) in [5.41, 5.74) is 0.844. The highest BCUT2D eigenvalue weighted by atomic mass is 19.4. The number of rotatable bonds is 9. The molecule has 0 heterocycles. The fraction of sp³-hybridized carbons (Fsp3) is 0.238. The molecular weight excluding hydrogens is 433 g/mol. The van der Waals surface area contributed by atoms with Gasteiger partial charge in [-0.05, 0) is 48.4 Å². The van der Waals surface area contributed by atoms with Crippen molar-refractivity contribution >= 4 is 35.1 Å². The molecule has 2 aromatic rings. The summed E-state index contributed by atoms with van der Waals surface area (Å²) < 4.78 is 41.9. The summed E-state index contributed by atoms with van der Waals surface area (Å²) >= 11 is 0. The van der Waals surface area contributed by atoms with Gasteiger partial charge >= 0.3 is 24.0 Å². The second-order valence-corrected chi connectivity index (χ2v) is 6.62. The summed E-state index contributed by atoms with van der Waals surface area (Å²) in [4.78, 5) is 45.1. The quantitative estimate of drug-likeness (QED) is 0.395. The number of carboxylic acid groups (broad SMARTS) is 1. The van der Waals surface area contributed by atoms with Crippen LogP contribution in [0.1, 0.15) is 24.8 Å². The normalized spacial score (nSPS) is 10.8. The Morgan fingerprint density at radius 2 is 1.41 bits per heavy atom. The van der Waals surface area contributed by atoms with E-state index >= 15 is 0 Å². The van der Waals surface area contributed by atoms with E-state index in [4.69, 9.17) is 9.84 Å². The zero-order chi connectivity index (χ0) is 23.7. The third-order valence-electron chi connectivity index (χ3n) is 3.98. The molecule has 170 valence electrons. The van der Waals surface area contributed by atoms with Gasteiger partial charge in [-0.15, -0.1) is 0 Å². The summed E-state index contributed by atoms with van der Waals surface area (Å²) in [6.45, 7) is 0. The maximum absolute atomic E-state index is 12.2. The molecule has 0 saturated heterocycles. The van der Waals surface area contributed by atoms with Gasteiger partial charge in [0.2, 0.25) is 5.91 Å². The third-order valence-corrected chi connectivity index (χ3v) is 3.98. The Morgan fingerprint density at radius 1 is 0.844 bits per heavy atom. The van der Waals surface area contributed by atoms with E-state index < -0.39 is 24.0 Å². The van der Waals surface area contributed by atoms with E-state index in [0.717, 1.165) is 0 Å². The molecule has 11 heteroatoms. The molecule has 0 radical (unpaired) electrons. The molecule has 2 aromatic carbocycles. The first-order valence-electron chi connectivity index (χ1n) is 9.32. The zero-order valence-electron chi connectivity index (χ0n) is 16.6. The van der Waals surface area contributed by atoms with Crippen LogP contribution in [0.3, 0.4) is 0 Å². The number of aliphatic carboxylic acids is 1.